The van der Waals surface area contributed by atoms with Crippen LogP contribution in [-0.4, -0.2) is 47.1 Å². The molecule has 2 N–H and O–H groups in total. The Morgan fingerprint density at radius 1 is 0.861 bits per heavy atom. The number of nitrogens with zero attached hydrogens (tertiary/aromatic N) is 1. The molecule has 2 saturated carbocycles. The molecule has 3 aliphatic rings. The van der Waals surface area contributed by atoms with Crippen LogP contribution in [0.1, 0.15) is 35.2 Å². The number of nitrogens with one attached hydrogen (secondary N) is 2. The number of esters is 1. The van der Waals surface area contributed by atoms with Gasteiger partial charge in [-0.25, -0.2) is 4.79 Å². The van der Waals surface area contributed by atoms with Gasteiger partial charge in [-0.2, -0.15) is 0 Å². The van der Waals surface area contributed by atoms with Crippen LogP contribution in [0.2, 0.25) is 0 Å². The van der Waals surface area contributed by atoms with Crippen LogP contribution in [0.15, 0.2) is 60.7 Å². The van der Waals surface area contributed by atoms with E-state index in [1.54, 1.807) is 30.3 Å². The van der Waals surface area contributed by atoms with Crippen LogP contribution in [0.4, 0.5) is 0 Å². The highest BCUT2D eigenvalue weighted by Gasteiger charge is 2.62. The summed E-state index contributed by atoms with van der Waals surface area (Å²) >= 11 is 0. The van der Waals surface area contributed by atoms with Crippen molar-refractivity contribution >= 4 is 29.6 Å². The predicted molar refractivity (Wildman–Crippen MR) is 127 cm³/mol. The van der Waals surface area contributed by atoms with E-state index >= 15 is 0 Å². The fourth-order valence-electron chi connectivity index (χ4n) is 5.91. The van der Waals surface area contributed by atoms with Crippen molar-refractivity contribution in [2.45, 2.75) is 31.7 Å². The molecule has 2 aliphatic carbocycles. The van der Waals surface area contributed by atoms with Gasteiger partial charge in [0, 0.05) is 12.0 Å². The van der Waals surface area contributed by atoms with Crippen LogP contribution in [0.5, 0.6) is 0 Å². The lowest BCUT2D eigenvalue weighted by Gasteiger charge is -2.26. The van der Waals surface area contributed by atoms with Crippen molar-refractivity contribution in [1.82, 2.24) is 15.8 Å². The lowest BCUT2D eigenvalue weighted by Crippen LogP contribution is -2.49. The number of carbonyl (C=O) groups is 5. The smallest absolute Gasteiger partial charge is 0.330 e. The summed E-state index contributed by atoms with van der Waals surface area (Å²) in [6, 6.07) is 16.2. The molecule has 186 valence electrons. The molecule has 3 fully saturated rings. The van der Waals surface area contributed by atoms with Gasteiger partial charge in [0.15, 0.2) is 6.61 Å². The van der Waals surface area contributed by atoms with Crippen LogP contribution in [0.3, 0.4) is 0 Å². The molecule has 0 spiro atoms. The zero-order valence-corrected chi connectivity index (χ0v) is 19.6. The molecule has 4 amide bonds. The summed E-state index contributed by atoms with van der Waals surface area (Å²) in [4.78, 5) is 65.2. The highest BCUT2D eigenvalue weighted by Crippen LogP contribution is 2.56. The molecule has 5 atom stereocenters. The molecule has 1 aliphatic heterocycles. The highest BCUT2D eigenvalue weighted by molar-refractivity contribution is 6.08. The van der Waals surface area contributed by atoms with E-state index in [-0.39, 0.29) is 41.9 Å². The van der Waals surface area contributed by atoms with E-state index < -0.39 is 30.4 Å². The van der Waals surface area contributed by atoms with Gasteiger partial charge in [0.2, 0.25) is 11.8 Å². The molecule has 0 unspecified atom stereocenters. The molecule has 2 bridgehead atoms. The topological polar surface area (TPSA) is 122 Å². The number of hydrogen-bond donors (Lipinski definition) is 2. The van der Waals surface area contributed by atoms with E-state index in [4.69, 9.17) is 4.74 Å². The Morgan fingerprint density at radius 2 is 1.44 bits per heavy atom. The van der Waals surface area contributed by atoms with Crippen molar-refractivity contribution in [3.8, 4) is 0 Å². The number of likely N-dealkylation sites (tertiary alicyclic amines) is 1. The largest absolute Gasteiger partial charge is 0.454 e. The van der Waals surface area contributed by atoms with E-state index in [2.05, 4.69) is 10.9 Å². The number of amides is 4. The van der Waals surface area contributed by atoms with Crippen LogP contribution in [0, 0.1) is 23.7 Å². The molecular formula is C27H27N3O6. The van der Waals surface area contributed by atoms with Crippen LogP contribution in [0.25, 0.3) is 0 Å². The van der Waals surface area contributed by atoms with Crippen molar-refractivity contribution in [2.24, 2.45) is 23.7 Å². The Kier molecular flexibility index (Phi) is 6.54. The molecule has 0 aromatic heterocycles. The van der Waals surface area contributed by atoms with Gasteiger partial charge in [-0.1, -0.05) is 48.5 Å². The molecular weight excluding hydrogens is 462 g/mol. The Hall–Kier alpha value is -4.01. The van der Waals surface area contributed by atoms with Gasteiger partial charge in [0.05, 0.1) is 11.8 Å². The van der Waals surface area contributed by atoms with Crippen molar-refractivity contribution in [3.63, 3.8) is 0 Å². The maximum atomic E-state index is 13.3. The molecule has 2 aromatic carbocycles. The fourth-order valence-corrected chi connectivity index (χ4v) is 5.91. The number of fused-ring (bicyclic) bond motifs is 5. The third-order valence-electron chi connectivity index (χ3n) is 7.51. The summed E-state index contributed by atoms with van der Waals surface area (Å²) in [6.07, 6.45) is 2.85. The van der Waals surface area contributed by atoms with Crippen molar-refractivity contribution in [1.29, 1.82) is 0 Å². The zero-order valence-electron chi connectivity index (χ0n) is 19.6. The molecule has 2 aromatic rings. The molecule has 1 saturated heterocycles. The predicted octanol–water partition coefficient (Wildman–Crippen LogP) is 1.63. The number of rotatable bonds is 7. The number of ether oxygens (including phenoxy) is 1. The highest BCUT2D eigenvalue weighted by atomic mass is 16.5. The number of benzene rings is 2. The van der Waals surface area contributed by atoms with Crippen molar-refractivity contribution < 1.29 is 28.7 Å². The van der Waals surface area contributed by atoms with Gasteiger partial charge in [-0.15, -0.1) is 0 Å². The van der Waals surface area contributed by atoms with Gasteiger partial charge < -0.3 is 4.74 Å². The SMILES string of the molecule is O=C(COC(=O)[C@H](Cc1ccccc1)N1C(=O)[C@@H]2[C@H]3CC[C@@H](C3)[C@@H]2C1=O)NNC(=O)c1ccccc1. The first kappa shape index (κ1) is 23.7. The van der Waals surface area contributed by atoms with Gasteiger partial charge in [-0.3, -0.25) is 34.9 Å². The first-order chi connectivity index (χ1) is 17.4. The lowest BCUT2D eigenvalue weighted by molar-refractivity contribution is -0.160. The molecule has 5 rings (SSSR count). The van der Waals surface area contributed by atoms with E-state index in [1.165, 1.54) is 0 Å². The summed E-state index contributed by atoms with van der Waals surface area (Å²) < 4.78 is 5.23. The normalized spacial score (nSPS) is 24.8. The van der Waals surface area contributed by atoms with Gasteiger partial charge in [0.1, 0.15) is 6.04 Å². The van der Waals surface area contributed by atoms with Crippen LogP contribution >= 0.6 is 0 Å². The monoisotopic (exact) mass is 489 g/mol. The second-order valence-corrected chi connectivity index (χ2v) is 9.61. The maximum Gasteiger partial charge on any atom is 0.330 e. The number of imide groups is 1. The fraction of sp³-hybridized carbons (Fsp3) is 0.370. The summed E-state index contributed by atoms with van der Waals surface area (Å²) in [7, 11) is 0. The molecule has 36 heavy (non-hydrogen) atoms. The number of hydrogen-bond acceptors (Lipinski definition) is 6. The first-order valence-electron chi connectivity index (χ1n) is 12.2. The zero-order chi connectivity index (χ0) is 25.2. The second-order valence-electron chi connectivity index (χ2n) is 9.61. The third kappa shape index (κ3) is 4.48. The Labute approximate surface area is 208 Å². The average Bonchev–Trinajstić information content (AvgIpc) is 3.59. The summed E-state index contributed by atoms with van der Waals surface area (Å²) in [5, 5.41) is 0. The third-order valence-corrected chi connectivity index (χ3v) is 7.51. The van der Waals surface area contributed by atoms with E-state index in [1.807, 2.05) is 30.3 Å². The summed E-state index contributed by atoms with van der Waals surface area (Å²) in [5.74, 6) is -3.08. The Bertz CT molecular complexity index is 1160. The van der Waals surface area contributed by atoms with E-state index in [0.717, 1.165) is 29.7 Å². The Morgan fingerprint density at radius 3 is 2.06 bits per heavy atom. The maximum absolute atomic E-state index is 13.3. The second kappa shape index (κ2) is 9.93. The van der Waals surface area contributed by atoms with Gasteiger partial charge in [-0.05, 0) is 48.8 Å². The quantitative estimate of drug-likeness (QED) is 0.346. The van der Waals surface area contributed by atoms with Crippen LogP contribution in [-0.2, 0) is 30.3 Å². The lowest BCUT2D eigenvalue weighted by atomic mass is 9.81. The minimum atomic E-state index is -1.16. The molecule has 0 radical (unpaired) electrons. The summed E-state index contributed by atoms with van der Waals surface area (Å²) in [5.41, 5.74) is 5.57. The Balaban J connectivity index is 1.25. The van der Waals surface area contributed by atoms with Crippen LogP contribution < -0.4 is 10.9 Å². The van der Waals surface area contributed by atoms with E-state index in [0.29, 0.717) is 5.56 Å². The van der Waals surface area contributed by atoms with Gasteiger partial charge >= 0.3 is 5.97 Å². The van der Waals surface area contributed by atoms with Crippen molar-refractivity contribution in [2.75, 3.05) is 6.61 Å². The first-order valence-corrected chi connectivity index (χ1v) is 12.2. The molecule has 1 heterocycles. The minimum absolute atomic E-state index is 0.0955. The number of carbonyl (C=O) groups excluding carboxylic acids is 5. The molecule has 9 nitrogen and oxygen atoms in total. The van der Waals surface area contributed by atoms with E-state index in [9.17, 15) is 24.0 Å². The van der Waals surface area contributed by atoms with Gasteiger partial charge in [0.25, 0.3) is 11.8 Å². The molecule has 9 heteroatoms. The minimum Gasteiger partial charge on any atom is -0.454 e. The number of hydrazine groups is 1. The standard InChI is InChI=1S/C27H27N3O6/c31-21(28-29-24(32)17-9-5-2-6-10-17)15-36-27(35)20(13-16-7-3-1-4-8-16)30-25(33)22-18-11-12-19(14-18)23(22)26(30)34/h1-10,18-20,22-23H,11-15H2,(H,28,31)(H,29,32)/t18-,19-,20-,22-,23+/m0/s1. The van der Waals surface area contributed by atoms with Crippen molar-refractivity contribution in [3.05, 3.63) is 71.8 Å². The summed E-state index contributed by atoms with van der Waals surface area (Å²) in [6.45, 7) is -0.673. The average molecular weight is 490 g/mol.